The maximum Gasteiger partial charge on any atom is 0.274 e. The maximum atomic E-state index is 13.8. The van der Waals surface area contributed by atoms with Crippen LogP contribution >= 0.6 is 11.3 Å². The second-order valence-electron chi connectivity index (χ2n) is 6.55. The Bertz CT molecular complexity index is 948. The summed E-state index contributed by atoms with van der Waals surface area (Å²) in [6.07, 6.45) is 1.49. The number of carbonyl (C=O) groups excluding carboxylic acids is 1. The molecule has 134 valence electrons. The van der Waals surface area contributed by atoms with Gasteiger partial charge in [-0.15, -0.1) is 0 Å². The summed E-state index contributed by atoms with van der Waals surface area (Å²) >= 11 is 1.36. The molecular weight excluding hydrogens is 351 g/mol. The van der Waals surface area contributed by atoms with Crippen LogP contribution in [0, 0.1) is 12.7 Å². The quantitative estimate of drug-likeness (QED) is 0.685. The molecule has 0 saturated carbocycles. The van der Waals surface area contributed by atoms with Crippen molar-refractivity contribution in [2.24, 2.45) is 0 Å². The minimum absolute atomic E-state index is 0.000169. The average molecular weight is 370 g/mol. The fourth-order valence-corrected chi connectivity index (χ4v) is 4.12. The summed E-state index contributed by atoms with van der Waals surface area (Å²) in [4.78, 5) is 18.7. The maximum absolute atomic E-state index is 13.8. The zero-order valence-corrected chi connectivity index (χ0v) is 15.3. The summed E-state index contributed by atoms with van der Waals surface area (Å²) < 4.78 is 20.5. The van der Waals surface area contributed by atoms with Gasteiger partial charge in [-0.2, -0.15) is 4.98 Å². The first-order valence-electron chi connectivity index (χ1n) is 8.68. The lowest BCUT2D eigenvalue weighted by atomic mass is 10.1. The summed E-state index contributed by atoms with van der Waals surface area (Å²) in [5, 5.41) is 0.494. The highest BCUT2D eigenvalue weighted by molar-refractivity contribution is 7.20. The predicted octanol–water partition coefficient (Wildman–Crippen LogP) is 4.43. The van der Waals surface area contributed by atoms with Crippen LogP contribution in [0.1, 0.15) is 28.8 Å². The largest absolute Gasteiger partial charge is 0.467 e. The zero-order chi connectivity index (χ0) is 18.1. The van der Waals surface area contributed by atoms with E-state index in [9.17, 15) is 9.18 Å². The molecule has 0 bridgehead atoms. The van der Waals surface area contributed by atoms with Crippen molar-refractivity contribution in [2.75, 3.05) is 13.1 Å². The summed E-state index contributed by atoms with van der Waals surface area (Å²) in [5.41, 5.74) is 2.17. The Morgan fingerprint density at radius 1 is 1.23 bits per heavy atom. The normalized spacial score (nSPS) is 15.4. The number of benzene rings is 2. The fourth-order valence-electron chi connectivity index (χ4n) is 3.22. The first-order valence-corrected chi connectivity index (χ1v) is 9.49. The van der Waals surface area contributed by atoms with Gasteiger partial charge in [-0.3, -0.25) is 4.79 Å². The lowest BCUT2D eigenvalue weighted by Crippen LogP contribution is -2.41. The number of hydrogen-bond donors (Lipinski definition) is 0. The van der Waals surface area contributed by atoms with Crippen LogP contribution in [0.2, 0.25) is 0 Å². The number of nitrogens with zero attached hydrogens (tertiary/aromatic N) is 2. The minimum atomic E-state index is -0.327. The van der Waals surface area contributed by atoms with E-state index in [0.717, 1.165) is 28.7 Å². The summed E-state index contributed by atoms with van der Waals surface area (Å²) in [7, 11) is 0. The molecule has 0 atom stereocenters. The van der Waals surface area contributed by atoms with E-state index in [0.29, 0.717) is 23.8 Å². The van der Waals surface area contributed by atoms with Gasteiger partial charge >= 0.3 is 0 Å². The van der Waals surface area contributed by atoms with Crippen LogP contribution in [0.4, 0.5) is 4.39 Å². The van der Waals surface area contributed by atoms with Crippen molar-refractivity contribution in [1.82, 2.24) is 9.88 Å². The number of fused-ring (bicyclic) bond motifs is 1. The molecule has 1 fully saturated rings. The second-order valence-corrected chi connectivity index (χ2v) is 7.54. The number of hydrogen-bond acceptors (Lipinski definition) is 4. The van der Waals surface area contributed by atoms with Gasteiger partial charge in [-0.1, -0.05) is 35.1 Å². The van der Waals surface area contributed by atoms with Crippen molar-refractivity contribution in [3.8, 4) is 5.19 Å². The molecule has 6 heteroatoms. The Morgan fingerprint density at radius 2 is 2.00 bits per heavy atom. The van der Waals surface area contributed by atoms with E-state index in [1.54, 1.807) is 6.07 Å². The van der Waals surface area contributed by atoms with Gasteiger partial charge < -0.3 is 9.64 Å². The van der Waals surface area contributed by atoms with Gasteiger partial charge in [0, 0.05) is 31.5 Å². The number of likely N-dealkylation sites (tertiary alicyclic amines) is 1. The molecule has 1 amide bonds. The Balaban J connectivity index is 1.38. The summed E-state index contributed by atoms with van der Waals surface area (Å²) in [6, 6.07) is 12.6. The molecule has 4 nitrogen and oxygen atoms in total. The Morgan fingerprint density at radius 3 is 2.73 bits per heavy atom. The Labute approximate surface area is 155 Å². The van der Waals surface area contributed by atoms with Crippen molar-refractivity contribution in [3.05, 3.63) is 59.4 Å². The van der Waals surface area contributed by atoms with E-state index < -0.39 is 0 Å². The number of thiazole rings is 1. The number of amides is 1. The third-order valence-corrected chi connectivity index (χ3v) is 5.52. The molecule has 0 radical (unpaired) electrons. The highest BCUT2D eigenvalue weighted by Crippen LogP contribution is 2.31. The number of halogens is 1. The molecule has 0 N–H and O–H groups in total. The molecule has 26 heavy (non-hydrogen) atoms. The molecule has 0 unspecified atom stereocenters. The monoisotopic (exact) mass is 370 g/mol. The fraction of sp³-hybridized carbons (Fsp3) is 0.300. The van der Waals surface area contributed by atoms with Crippen molar-refractivity contribution < 1.29 is 13.9 Å². The van der Waals surface area contributed by atoms with Gasteiger partial charge in [0.1, 0.15) is 17.4 Å². The topological polar surface area (TPSA) is 42.4 Å². The van der Waals surface area contributed by atoms with Crippen LogP contribution < -0.4 is 4.74 Å². The van der Waals surface area contributed by atoms with Crippen LogP contribution in [0.15, 0.2) is 42.5 Å². The van der Waals surface area contributed by atoms with Crippen LogP contribution in [-0.2, 0) is 0 Å². The number of rotatable bonds is 3. The predicted molar refractivity (Wildman–Crippen MR) is 100 cm³/mol. The molecule has 1 aliphatic rings. The molecular formula is C20H19FN2O2S. The zero-order valence-electron chi connectivity index (χ0n) is 14.4. The number of ether oxygens (including phenoxy) is 1. The number of carbonyl (C=O) groups is 1. The van der Waals surface area contributed by atoms with Crippen LogP contribution in [0.3, 0.4) is 0 Å². The lowest BCUT2D eigenvalue weighted by molar-refractivity contribution is 0.0595. The molecule has 2 aromatic carbocycles. The van der Waals surface area contributed by atoms with Gasteiger partial charge in [0.05, 0.1) is 4.70 Å². The first-order chi connectivity index (χ1) is 12.6. The molecule has 1 saturated heterocycles. The van der Waals surface area contributed by atoms with E-state index >= 15 is 0 Å². The highest BCUT2D eigenvalue weighted by Gasteiger charge is 2.25. The molecule has 0 spiro atoms. The number of aryl methyl sites for hydroxylation is 1. The SMILES string of the molecule is Cc1cccc(C(=O)N2CCC(Oc3nc4c(F)cccc4s3)CC2)c1. The van der Waals surface area contributed by atoms with Crippen LogP contribution in [0.25, 0.3) is 10.2 Å². The van der Waals surface area contributed by atoms with E-state index in [4.69, 9.17) is 4.74 Å². The highest BCUT2D eigenvalue weighted by atomic mass is 32.1. The number of para-hydroxylation sites is 1. The van der Waals surface area contributed by atoms with E-state index in [2.05, 4.69) is 4.98 Å². The van der Waals surface area contributed by atoms with E-state index in [1.165, 1.54) is 17.4 Å². The third-order valence-electron chi connectivity index (χ3n) is 4.61. The van der Waals surface area contributed by atoms with Gasteiger partial charge in [0.2, 0.25) is 0 Å². The Hall–Kier alpha value is -2.47. The van der Waals surface area contributed by atoms with Gasteiger partial charge in [0.15, 0.2) is 0 Å². The van der Waals surface area contributed by atoms with Crippen LogP contribution in [0.5, 0.6) is 5.19 Å². The second kappa shape index (κ2) is 7.03. The third kappa shape index (κ3) is 3.42. The van der Waals surface area contributed by atoms with Crippen molar-refractivity contribution in [1.29, 1.82) is 0 Å². The van der Waals surface area contributed by atoms with Crippen molar-refractivity contribution in [2.45, 2.75) is 25.9 Å². The standard InChI is InChI=1S/C20H19FN2O2S/c1-13-4-2-5-14(12-13)19(24)23-10-8-15(9-11-23)25-20-22-18-16(21)6-3-7-17(18)26-20/h2-7,12,15H,8-11H2,1H3. The molecule has 1 aromatic heterocycles. The summed E-state index contributed by atoms with van der Waals surface area (Å²) in [6.45, 7) is 3.28. The van der Waals surface area contributed by atoms with Crippen LogP contribution in [-0.4, -0.2) is 35.0 Å². The minimum Gasteiger partial charge on any atom is -0.467 e. The summed E-state index contributed by atoms with van der Waals surface area (Å²) in [5.74, 6) is -0.263. The van der Waals surface area contributed by atoms with Crippen molar-refractivity contribution in [3.63, 3.8) is 0 Å². The Kier molecular flexibility index (Phi) is 4.59. The smallest absolute Gasteiger partial charge is 0.274 e. The molecule has 2 heterocycles. The van der Waals surface area contributed by atoms with Crippen molar-refractivity contribution >= 4 is 27.5 Å². The molecule has 3 aromatic rings. The van der Waals surface area contributed by atoms with E-state index in [1.807, 2.05) is 42.2 Å². The molecule has 1 aliphatic heterocycles. The average Bonchev–Trinajstić information content (AvgIpc) is 3.06. The molecule has 0 aliphatic carbocycles. The lowest BCUT2D eigenvalue weighted by Gasteiger charge is -2.31. The van der Waals surface area contributed by atoms with Gasteiger partial charge in [-0.25, -0.2) is 4.39 Å². The first kappa shape index (κ1) is 17.0. The number of piperidine rings is 1. The number of aromatic nitrogens is 1. The van der Waals surface area contributed by atoms with Gasteiger partial charge in [-0.05, 0) is 31.2 Å². The van der Waals surface area contributed by atoms with E-state index in [-0.39, 0.29) is 17.8 Å². The van der Waals surface area contributed by atoms with Gasteiger partial charge in [0.25, 0.3) is 11.1 Å². The molecule has 4 rings (SSSR count).